The minimum absolute atomic E-state index is 0.222. The predicted octanol–water partition coefficient (Wildman–Crippen LogP) is 2.96. The minimum atomic E-state index is -0.489. The molecule has 3 aromatic rings. The Kier molecular flexibility index (Phi) is 3.50. The molecule has 1 aliphatic heterocycles. The van der Waals surface area contributed by atoms with Gasteiger partial charge in [0.15, 0.2) is 5.71 Å². The Labute approximate surface area is 142 Å². The van der Waals surface area contributed by atoms with Crippen LogP contribution in [-0.4, -0.2) is 17.3 Å². The molecule has 2 heterocycles. The first-order valence-electron chi connectivity index (χ1n) is 7.70. The quantitative estimate of drug-likeness (QED) is 0.445. The molecule has 1 N–H and O–H groups in total. The van der Waals surface area contributed by atoms with Crippen LogP contribution in [0.15, 0.2) is 74.0 Å². The number of benzene rings is 2. The summed E-state index contributed by atoms with van der Waals surface area (Å²) in [5, 5.41) is 11.7. The van der Waals surface area contributed by atoms with Gasteiger partial charge in [0.25, 0.3) is 5.91 Å². The molecule has 0 aliphatic carbocycles. The summed E-state index contributed by atoms with van der Waals surface area (Å²) in [6.07, 6.45) is 0. The number of anilines is 1. The van der Waals surface area contributed by atoms with E-state index in [1.54, 1.807) is 37.3 Å². The molecule has 1 aliphatic rings. The van der Waals surface area contributed by atoms with Crippen molar-refractivity contribution in [1.29, 1.82) is 0 Å². The predicted molar refractivity (Wildman–Crippen MR) is 96.3 cm³/mol. The fraction of sp³-hybridized carbons (Fsp3) is 0.0526. The van der Waals surface area contributed by atoms with Crippen LogP contribution in [0, 0.1) is 0 Å². The minimum Gasteiger partial charge on any atom is -0.422 e. The van der Waals surface area contributed by atoms with E-state index >= 15 is 0 Å². The van der Waals surface area contributed by atoms with Crippen molar-refractivity contribution in [2.24, 2.45) is 10.2 Å². The Balaban J connectivity index is 1.77. The zero-order valence-corrected chi connectivity index (χ0v) is 13.3. The van der Waals surface area contributed by atoms with Crippen LogP contribution in [0.5, 0.6) is 0 Å². The SMILES string of the molecule is CC(=NN=C1C(=O)Nc2ccccc21)c1cc2ccccc2oc1=O. The molecule has 0 saturated heterocycles. The van der Waals surface area contributed by atoms with Gasteiger partial charge < -0.3 is 9.73 Å². The van der Waals surface area contributed by atoms with E-state index in [0.717, 1.165) is 5.39 Å². The van der Waals surface area contributed by atoms with Crippen LogP contribution in [0.2, 0.25) is 0 Å². The molecule has 4 rings (SSSR count). The van der Waals surface area contributed by atoms with E-state index in [1.165, 1.54) is 0 Å². The second kappa shape index (κ2) is 5.83. The number of nitrogens with zero attached hydrogens (tertiary/aromatic N) is 2. The molecule has 0 spiro atoms. The number of para-hydroxylation sites is 2. The molecule has 0 bridgehead atoms. The van der Waals surface area contributed by atoms with Gasteiger partial charge in [0.2, 0.25) is 0 Å². The third-order valence-corrected chi connectivity index (χ3v) is 3.98. The monoisotopic (exact) mass is 331 g/mol. The van der Waals surface area contributed by atoms with E-state index < -0.39 is 5.63 Å². The van der Waals surface area contributed by atoms with Crippen LogP contribution in [0.25, 0.3) is 11.0 Å². The zero-order chi connectivity index (χ0) is 17.4. The third kappa shape index (κ3) is 2.63. The molecule has 0 atom stereocenters. The average Bonchev–Trinajstić information content (AvgIpc) is 2.94. The van der Waals surface area contributed by atoms with Crippen molar-refractivity contribution in [1.82, 2.24) is 0 Å². The highest BCUT2D eigenvalue weighted by Gasteiger charge is 2.25. The molecule has 6 nitrogen and oxygen atoms in total. The Morgan fingerprint density at radius 2 is 1.80 bits per heavy atom. The topological polar surface area (TPSA) is 84.0 Å². The number of carbonyl (C=O) groups excluding carboxylic acids is 1. The smallest absolute Gasteiger partial charge is 0.345 e. The molecule has 6 heteroatoms. The van der Waals surface area contributed by atoms with Crippen LogP contribution in [0.3, 0.4) is 0 Å². The lowest BCUT2D eigenvalue weighted by Gasteiger charge is -2.00. The summed E-state index contributed by atoms with van der Waals surface area (Å²) in [6.45, 7) is 1.66. The first-order chi connectivity index (χ1) is 12.1. The molecule has 0 saturated carbocycles. The van der Waals surface area contributed by atoms with E-state index in [0.29, 0.717) is 28.1 Å². The summed E-state index contributed by atoms with van der Waals surface area (Å²) in [7, 11) is 0. The van der Waals surface area contributed by atoms with Gasteiger partial charge in [-0.1, -0.05) is 36.4 Å². The summed E-state index contributed by atoms with van der Waals surface area (Å²) >= 11 is 0. The van der Waals surface area contributed by atoms with Gasteiger partial charge in [-0.05, 0) is 25.1 Å². The van der Waals surface area contributed by atoms with Crippen LogP contribution < -0.4 is 10.9 Å². The molecule has 1 amide bonds. The van der Waals surface area contributed by atoms with Crippen LogP contribution in [0.1, 0.15) is 18.1 Å². The number of carbonyl (C=O) groups is 1. The van der Waals surface area contributed by atoms with E-state index in [9.17, 15) is 9.59 Å². The van der Waals surface area contributed by atoms with Gasteiger partial charge in [-0.15, -0.1) is 5.10 Å². The number of rotatable bonds is 2. The first-order valence-corrected chi connectivity index (χ1v) is 7.70. The van der Waals surface area contributed by atoms with Crippen molar-refractivity contribution in [2.75, 3.05) is 5.32 Å². The van der Waals surface area contributed by atoms with Crippen LogP contribution >= 0.6 is 0 Å². The van der Waals surface area contributed by atoms with E-state index in [4.69, 9.17) is 4.42 Å². The highest BCUT2D eigenvalue weighted by molar-refractivity contribution is 6.53. The van der Waals surface area contributed by atoms with E-state index in [1.807, 2.05) is 24.3 Å². The Morgan fingerprint density at radius 1 is 1.04 bits per heavy atom. The van der Waals surface area contributed by atoms with E-state index in [-0.39, 0.29) is 11.6 Å². The van der Waals surface area contributed by atoms with Crippen LogP contribution in [-0.2, 0) is 4.79 Å². The van der Waals surface area contributed by atoms with Gasteiger partial charge in [-0.3, -0.25) is 4.79 Å². The summed E-state index contributed by atoms with van der Waals surface area (Å²) in [4.78, 5) is 24.2. The van der Waals surface area contributed by atoms with Crippen molar-refractivity contribution in [3.05, 3.63) is 76.1 Å². The number of nitrogens with one attached hydrogen (secondary N) is 1. The van der Waals surface area contributed by atoms with Gasteiger partial charge in [-0.25, -0.2) is 4.79 Å². The maximum atomic E-state index is 12.2. The summed E-state index contributed by atoms with van der Waals surface area (Å²) in [6, 6.07) is 16.2. The zero-order valence-electron chi connectivity index (χ0n) is 13.3. The lowest BCUT2D eigenvalue weighted by molar-refractivity contribution is -0.110. The molecule has 0 unspecified atom stereocenters. The molecule has 0 fully saturated rings. The Morgan fingerprint density at radius 3 is 2.68 bits per heavy atom. The molecule has 2 aromatic carbocycles. The van der Waals surface area contributed by atoms with Gasteiger partial charge in [-0.2, -0.15) is 5.10 Å². The van der Waals surface area contributed by atoms with Crippen molar-refractivity contribution < 1.29 is 9.21 Å². The van der Waals surface area contributed by atoms with E-state index in [2.05, 4.69) is 15.5 Å². The molecular weight excluding hydrogens is 318 g/mol. The van der Waals surface area contributed by atoms with Gasteiger partial charge >= 0.3 is 5.63 Å². The number of hydrogen-bond donors (Lipinski definition) is 1. The molecule has 0 radical (unpaired) electrons. The average molecular weight is 331 g/mol. The summed E-state index contributed by atoms with van der Waals surface area (Å²) in [5.74, 6) is -0.316. The van der Waals surface area contributed by atoms with Crippen molar-refractivity contribution in [3.63, 3.8) is 0 Å². The molecule has 25 heavy (non-hydrogen) atoms. The summed E-state index contributed by atoms with van der Waals surface area (Å²) in [5.41, 5.74) is 2.33. The molecular formula is C19H13N3O3. The van der Waals surface area contributed by atoms with Gasteiger partial charge in [0, 0.05) is 10.9 Å². The number of fused-ring (bicyclic) bond motifs is 2. The number of amides is 1. The maximum Gasteiger partial charge on any atom is 0.345 e. The molecule has 1 aromatic heterocycles. The fourth-order valence-electron chi connectivity index (χ4n) is 2.69. The normalized spacial score (nSPS) is 15.5. The van der Waals surface area contributed by atoms with Crippen molar-refractivity contribution >= 4 is 34.0 Å². The lowest BCUT2D eigenvalue weighted by atomic mass is 10.1. The second-order valence-corrected chi connectivity index (χ2v) is 5.62. The highest BCUT2D eigenvalue weighted by Crippen LogP contribution is 2.22. The standard InChI is InChI=1S/C19H13N3O3/c1-11(14-10-12-6-2-5-9-16(12)25-19(14)24)21-22-17-13-7-3-4-8-15(13)20-18(17)23/h2-10H,1H3,(H,20,22,23). The Hall–Kier alpha value is -3.54. The Bertz CT molecular complexity index is 1130. The lowest BCUT2D eigenvalue weighted by Crippen LogP contribution is -2.15. The highest BCUT2D eigenvalue weighted by atomic mass is 16.4. The maximum absolute atomic E-state index is 12.2. The number of hydrogen-bond acceptors (Lipinski definition) is 5. The van der Waals surface area contributed by atoms with Crippen molar-refractivity contribution in [3.8, 4) is 0 Å². The van der Waals surface area contributed by atoms with Gasteiger partial charge in [0.1, 0.15) is 5.58 Å². The van der Waals surface area contributed by atoms with Crippen molar-refractivity contribution in [2.45, 2.75) is 6.92 Å². The first kappa shape index (κ1) is 15.0. The van der Waals surface area contributed by atoms with Crippen LogP contribution in [0.4, 0.5) is 5.69 Å². The second-order valence-electron chi connectivity index (χ2n) is 5.62. The fourth-order valence-corrected chi connectivity index (χ4v) is 2.69. The summed E-state index contributed by atoms with van der Waals surface area (Å²) < 4.78 is 5.30. The largest absolute Gasteiger partial charge is 0.422 e. The van der Waals surface area contributed by atoms with Gasteiger partial charge in [0.05, 0.1) is 17.0 Å². The molecule has 122 valence electrons. The third-order valence-electron chi connectivity index (χ3n) is 3.98.